The Balaban J connectivity index is 0.00000200. The lowest BCUT2D eigenvalue weighted by Crippen LogP contribution is -2.07. The van der Waals surface area contributed by atoms with Crippen molar-refractivity contribution in [3.63, 3.8) is 0 Å². The Morgan fingerprint density at radius 3 is 2.30 bits per heavy atom. The van der Waals surface area contributed by atoms with Crippen LogP contribution in [0.5, 0.6) is 0 Å². The number of aryl methyl sites for hydroxylation is 1. The third-order valence-corrected chi connectivity index (χ3v) is 3.95. The van der Waals surface area contributed by atoms with Gasteiger partial charge in [-0.2, -0.15) is 0 Å². The molecule has 2 aromatic rings. The molecule has 0 bridgehead atoms. The number of nitrogens with zero attached hydrogens (tertiary/aromatic N) is 1. The molecule has 0 aliphatic heterocycles. The number of hydrogen-bond acceptors (Lipinski definition) is 2. The number of aromatic nitrogens is 1. The minimum absolute atomic E-state index is 0. The van der Waals surface area contributed by atoms with Crippen LogP contribution < -0.4 is 0 Å². The van der Waals surface area contributed by atoms with Gasteiger partial charge < -0.3 is 0 Å². The summed E-state index contributed by atoms with van der Waals surface area (Å²) in [7, 11) is 0. The number of carbonyl (C=O) groups excluding carboxylic acids is 1. The van der Waals surface area contributed by atoms with Crippen LogP contribution in [0, 0.1) is 0 Å². The zero-order chi connectivity index (χ0) is 13.7. The Morgan fingerprint density at radius 1 is 1.15 bits per heavy atom. The minimum atomic E-state index is -0.312. The Morgan fingerprint density at radius 2 is 1.75 bits per heavy atom. The standard InChI is InChI=1S/C16H16BrNO.BrH/c1-2-3-12-4-6-14(7-5-12)16(19)15(17)13-8-10-18-11-9-13;/h4-11,15H,2-3H2,1H3;1H. The Bertz CT molecular complexity index is 540. The molecule has 0 radical (unpaired) electrons. The molecule has 0 saturated heterocycles. The molecule has 1 unspecified atom stereocenters. The number of halogens is 2. The first-order valence-corrected chi connectivity index (χ1v) is 7.31. The summed E-state index contributed by atoms with van der Waals surface area (Å²) in [5.74, 6) is 0.0780. The first kappa shape index (κ1) is 17.1. The molecule has 0 spiro atoms. The molecule has 1 aromatic heterocycles. The van der Waals surface area contributed by atoms with E-state index in [0.29, 0.717) is 0 Å². The van der Waals surface area contributed by atoms with E-state index in [1.54, 1.807) is 12.4 Å². The minimum Gasteiger partial charge on any atom is -0.293 e. The van der Waals surface area contributed by atoms with E-state index in [0.717, 1.165) is 24.0 Å². The molecule has 2 nitrogen and oxygen atoms in total. The summed E-state index contributed by atoms with van der Waals surface area (Å²) in [4.78, 5) is 16.0. The van der Waals surface area contributed by atoms with Gasteiger partial charge in [0.15, 0.2) is 5.78 Å². The first-order valence-electron chi connectivity index (χ1n) is 6.39. The van der Waals surface area contributed by atoms with Gasteiger partial charge in [0.1, 0.15) is 4.83 Å². The molecule has 20 heavy (non-hydrogen) atoms. The van der Waals surface area contributed by atoms with Gasteiger partial charge in [0, 0.05) is 18.0 Å². The second kappa shape index (κ2) is 8.32. The Labute approximate surface area is 138 Å². The quantitative estimate of drug-likeness (QED) is 0.527. The number of benzene rings is 1. The van der Waals surface area contributed by atoms with Crippen LogP contribution in [-0.2, 0) is 6.42 Å². The molecule has 4 heteroatoms. The fourth-order valence-electron chi connectivity index (χ4n) is 1.95. The molecule has 0 fully saturated rings. The predicted molar refractivity (Wildman–Crippen MR) is 91.0 cm³/mol. The van der Waals surface area contributed by atoms with Crippen LogP contribution in [0.25, 0.3) is 0 Å². The molecule has 0 aliphatic rings. The van der Waals surface area contributed by atoms with Gasteiger partial charge in [-0.3, -0.25) is 9.78 Å². The van der Waals surface area contributed by atoms with E-state index in [-0.39, 0.29) is 27.6 Å². The van der Waals surface area contributed by atoms with E-state index in [2.05, 4.69) is 27.8 Å². The fourth-order valence-corrected chi connectivity index (χ4v) is 2.52. The van der Waals surface area contributed by atoms with E-state index < -0.39 is 0 Å². The molecule has 0 amide bonds. The number of pyridine rings is 1. The molecular formula is C16H17Br2NO. The monoisotopic (exact) mass is 397 g/mol. The summed E-state index contributed by atoms with van der Waals surface area (Å²) >= 11 is 3.46. The molecular weight excluding hydrogens is 382 g/mol. The maximum atomic E-state index is 12.3. The molecule has 106 valence electrons. The van der Waals surface area contributed by atoms with E-state index in [4.69, 9.17) is 0 Å². The average Bonchev–Trinajstić information content (AvgIpc) is 2.48. The van der Waals surface area contributed by atoms with Gasteiger partial charge in [-0.05, 0) is 29.7 Å². The molecule has 0 aliphatic carbocycles. The van der Waals surface area contributed by atoms with Gasteiger partial charge in [0.05, 0.1) is 0 Å². The first-order chi connectivity index (χ1) is 9.22. The van der Waals surface area contributed by atoms with Crippen molar-refractivity contribution in [2.45, 2.75) is 24.6 Å². The highest BCUT2D eigenvalue weighted by molar-refractivity contribution is 9.09. The molecule has 0 saturated carbocycles. The summed E-state index contributed by atoms with van der Waals surface area (Å²) in [6.45, 7) is 2.15. The molecule has 1 atom stereocenters. The van der Waals surface area contributed by atoms with Crippen molar-refractivity contribution < 1.29 is 4.79 Å². The lowest BCUT2D eigenvalue weighted by molar-refractivity contribution is 0.0991. The highest BCUT2D eigenvalue weighted by Crippen LogP contribution is 2.26. The van der Waals surface area contributed by atoms with Crippen molar-refractivity contribution in [2.75, 3.05) is 0 Å². The molecule has 1 heterocycles. The molecule has 2 rings (SSSR count). The van der Waals surface area contributed by atoms with E-state index >= 15 is 0 Å². The second-order valence-corrected chi connectivity index (χ2v) is 5.37. The summed E-state index contributed by atoms with van der Waals surface area (Å²) in [5, 5.41) is 0. The molecule has 1 aromatic carbocycles. The van der Waals surface area contributed by atoms with Crippen molar-refractivity contribution >= 4 is 38.7 Å². The SMILES string of the molecule is Br.CCCc1ccc(C(=O)C(Br)c2ccncc2)cc1. The normalized spacial score (nSPS) is 11.5. The summed E-state index contributed by atoms with van der Waals surface area (Å²) in [5.41, 5.74) is 2.94. The van der Waals surface area contributed by atoms with Gasteiger partial charge in [0.25, 0.3) is 0 Å². The zero-order valence-electron chi connectivity index (χ0n) is 11.3. The number of rotatable bonds is 5. The average molecular weight is 399 g/mol. The van der Waals surface area contributed by atoms with E-state index in [1.165, 1.54) is 5.56 Å². The third kappa shape index (κ3) is 4.25. The number of ketones is 1. The highest BCUT2D eigenvalue weighted by Gasteiger charge is 2.18. The largest absolute Gasteiger partial charge is 0.293 e. The predicted octanol–water partition coefficient (Wildman–Crippen LogP) is 4.93. The van der Waals surface area contributed by atoms with Crippen LogP contribution in [0.2, 0.25) is 0 Å². The number of Topliss-reactive ketones (excluding diaryl/α,β-unsaturated/α-hetero) is 1. The van der Waals surface area contributed by atoms with Crippen molar-refractivity contribution in [3.05, 3.63) is 65.5 Å². The van der Waals surface area contributed by atoms with Crippen LogP contribution >= 0.6 is 32.9 Å². The Kier molecular flexibility index (Phi) is 7.10. The van der Waals surface area contributed by atoms with Gasteiger partial charge in [-0.25, -0.2) is 0 Å². The third-order valence-electron chi connectivity index (χ3n) is 3.01. The second-order valence-electron chi connectivity index (χ2n) is 4.45. The maximum Gasteiger partial charge on any atom is 0.180 e. The van der Waals surface area contributed by atoms with Crippen molar-refractivity contribution in [2.24, 2.45) is 0 Å². The summed E-state index contributed by atoms with van der Waals surface area (Å²) in [6, 6.07) is 11.6. The smallest absolute Gasteiger partial charge is 0.180 e. The van der Waals surface area contributed by atoms with Gasteiger partial charge in [0.2, 0.25) is 0 Å². The summed E-state index contributed by atoms with van der Waals surface area (Å²) < 4.78 is 0. The van der Waals surface area contributed by atoms with E-state index in [1.807, 2.05) is 36.4 Å². The van der Waals surface area contributed by atoms with Crippen molar-refractivity contribution in [1.82, 2.24) is 4.98 Å². The summed E-state index contributed by atoms with van der Waals surface area (Å²) in [6.07, 6.45) is 5.56. The van der Waals surface area contributed by atoms with Gasteiger partial charge in [-0.15, -0.1) is 17.0 Å². The van der Waals surface area contributed by atoms with Crippen LogP contribution in [-0.4, -0.2) is 10.8 Å². The zero-order valence-corrected chi connectivity index (χ0v) is 14.6. The Hall–Kier alpha value is -1.00. The lowest BCUT2D eigenvalue weighted by Gasteiger charge is -2.09. The number of alkyl halides is 1. The highest BCUT2D eigenvalue weighted by atomic mass is 79.9. The molecule has 0 N–H and O–H groups in total. The lowest BCUT2D eigenvalue weighted by atomic mass is 10.0. The van der Waals surface area contributed by atoms with Gasteiger partial charge >= 0.3 is 0 Å². The van der Waals surface area contributed by atoms with Crippen molar-refractivity contribution in [3.8, 4) is 0 Å². The van der Waals surface area contributed by atoms with Crippen LogP contribution in [0.1, 0.15) is 39.7 Å². The van der Waals surface area contributed by atoms with Crippen LogP contribution in [0.15, 0.2) is 48.8 Å². The maximum absolute atomic E-state index is 12.3. The van der Waals surface area contributed by atoms with E-state index in [9.17, 15) is 4.79 Å². The topological polar surface area (TPSA) is 30.0 Å². The van der Waals surface area contributed by atoms with Crippen LogP contribution in [0.3, 0.4) is 0 Å². The van der Waals surface area contributed by atoms with Gasteiger partial charge in [-0.1, -0.05) is 53.5 Å². The van der Waals surface area contributed by atoms with Crippen molar-refractivity contribution in [1.29, 1.82) is 0 Å². The number of hydrogen-bond donors (Lipinski definition) is 0. The fraction of sp³-hybridized carbons (Fsp3) is 0.250. The number of carbonyl (C=O) groups is 1. The van der Waals surface area contributed by atoms with Crippen LogP contribution in [0.4, 0.5) is 0 Å².